The van der Waals surface area contributed by atoms with Crippen LogP contribution in [0.5, 0.6) is 0 Å². The molecule has 1 amide bonds. The van der Waals surface area contributed by atoms with Gasteiger partial charge in [-0.1, -0.05) is 44.2 Å². The summed E-state index contributed by atoms with van der Waals surface area (Å²) in [6.45, 7) is 6.19. The Bertz CT molecular complexity index is 1150. The minimum Gasteiger partial charge on any atom is -0.390 e. The topological polar surface area (TPSA) is 61.4 Å². The van der Waals surface area contributed by atoms with Crippen molar-refractivity contribution < 1.29 is 23.1 Å². The van der Waals surface area contributed by atoms with Gasteiger partial charge in [0, 0.05) is 26.1 Å². The summed E-state index contributed by atoms with van der Waals surface area (Å²) in [7, 11) is 0. The molecule has 0 unspecified atom stereocenters. The zero-order chi connectivity index (χ0) is 26.2. The maximum absolute atomic E-state index is 13.6. The Morgan fingerprint density at radius 3 is 2.14 bits per heavy atom. The van der Waals surface area contributed by atoms with E-state index in [-0.39, 0.29) is 24.7 Å². The molecule has 0 fully saturated rings. The summed E-state index contributed by atoms with van der Waals surface area (Å²) in [6, 6.07) is 14.9. The number of amides is 1. The first kappa shape index (κ1) is 27.4. The SMILES string of the molecule is CC(=O)N[C@@H](Cc1cc(F)cc(F)c1)[C@H](O)CNCc1cc(CC(C)C)ccc1-c1ccc(F)cc1. The van der Waals surface area contributed by atoms with Crippen molar-refractivity contribution in [3.63, 3.8) is 0 Å². The summed E-state index contributed by atoms with van der Waals surface area (Å²) in [6.07, 6.45) is -0.0241. The number of aliphatic hydroxyl groups excluding tert-OH is 1. The van der Waals surface area contributed by atoms with E-state index in [0.717, 1.165) is 29.2 Å². The largest absolute Gasteiger partial charge is 0.390 e. The van der Waals surface area contributed by atoms with E-state index in [1.54, 1.807) is 12.1 Å². The van der Waals surface area contributed by atoms with E-state index in [2.05, 4.69) is 36.6 Å². The molecule has 0 aliphatic rings. The maximum atomic E-state index is 13.6. The number of nitrogens with one attached hydrogen (secondary N) is 2. The van der Waals surface area contributed by atoms with Crippen LogP contribution in [0, 0.1) is 23.4 Å². The summed E-state index contributed by atoms with van der Waals surface area (Å²) < 4.78 is 40.7. The van der Waals surface area contributed by atoms with Crippen molar-refractivity contribution in [3.8, 4) is 11.1 Å². The predicted molar refractivity (Wildman–Crippen MR) is 136 cm³/mol. The van der Waals surface area contributed by atoms with Gasteiger partial charge in [0.15, 0.2) is 0 Å². The number of aliphatic hydroxyl groups is 1. The van der Waals surface area contributed by atoms with Gasteiger partial charge in [-0.2, -0.15) is 0 Å². The normalized spacial score (nSPS) is 13.0. The second kappa shape index (κ2) is 12.7. The van der Waals surface area contributed by atoms with Gasteiger partial charge in [0.1, 0.15) is 17.5 Å². The Morgan fingerprint density at radius 2 is 1.53 bits per heavy atom. The molecule has 0 heterocycles. The lowest BCUT2D eigenvalue weighted by Crippen LogP contribution is -2.48. The van der Waals surface area contributed by atoms with Crippen LogP contribution in [0.4, 0.5) is 13.2 Å². The van der Waals surface area contributed by atoms with Gasteiger partial charge in [-0.25, -0.2) is 13.2 Å². The Kier molecular flexibility index (Phi) is 9.67. The van der Waals surface area contributed by atoms with Gasteiger partial charge in [-0.05, 0) is 70.8 Å². The Hall–Kier alpha value is -3.16. The van der Waals surface area contributed by atoms with Crippen LogP contribution in [0.25, 0.3) is 11.1 Å². The first-order chi connectivity index (χ1) is 17.1. The molecule has 36 heavy (non-hydrogen) atoms. The molecule has 2 atom stereocenters. The molecule has 0 radical (unpaired) electrons. The van der Waals surface area contributed by atoms with Gasteiger partial charge in [-0.15, -0.1) is 0 Å². The molecule has 0 aliphatic carbocycles. The van der Waals surface area contributed by atoms with Crippen LogP contribution in [0.1, 0.15) is 37.5 Å². The molecule has 3 rings (SSSR count). The van der Waals surface area contributed by atoms with Crippen molar-refractivity contribution in [1.29, 1.82) is 0 Å². The van der Waals surface area contributed by atoms with Crippen molar-refractivity contribution >= 4 is 5.91 Å². The third-order valence-electron chi connectivity index (χ3n) is 5.87. The fourth-order valence-corrected chi connectivity index (χ4v) is 4.33. The van der Waals surface area contributed by atoms with E-state index >= 15 is 0 Å². The Labute approximate surface area is 210 Å². The van der Waals surface area contributed by atoms with Gasteiger partial charge in [-0.3, -0.25) is 4.79 Å². The predicted octanol–water partition coefficient (Wildman–Crippen LogP) is 5.17. The number of carbonyl (C=O) groups is 1. The highest BCUT2D eigenvalue weighted by atomic mass is 19.1. The van der Waals surface area contributed by atoms with Gasteiger partial charge >= 0.3 is 0 Å². The molecule has 0 bridgehead atoms. The minimum absolute atomic E-state index is 0.0712. The number of hydrogen-bond donors (Lipinski definition) is 3. The second-order valence-electron chi connectivity index (χ2n) is 9.58. The zero-order valence-corrected chi connectivity index (χ0v) is 20.8. The molecule has 0 aliphatic heterocycles. The van der Waals surface area contributed by atoms with E-state index in [4.69, 9.17) is 0 Å². The molecule has 4 nitrogen and oxygen atoms in total. The van der Waals surface area contributed by atoms with Crippen molar-refractivity contribution in [2.24, 2.45) is 5.92 Å². The lowest BCUT2D eigenvalue weighted by atomic mass is 9.94. The highest BCUT2D eigenvalue weighted by molar-refractivity contribution is 5.73. The van der Waals surface area contributed by atoms with Gasteiger partial charge in [0.2, 0.25) is 5.91 Å². The number of hydrogen-bond acceptors (Lipinski definition) is 3. The second-order valence-corrected chi connectivity index (χ2v) is 9.58. The number of halogens is 3. The van der Waals surface area contributed by atoms with Crippen LogP contribution < -0.4 is 10.6 Å². The smallest absolute Gasteiger partial charge is 0.217 e. The van der Waals surface area contributed by atoms with E-state index < -0.39 is 23.8 Å². The lowest BCUT2D eigenvalue weighted by Gasteiger charge is -2.24. The fraction of sp³-hybridized carbons (Fsp3) is 0.345. The van der Waals surface area contributed by atoms with Crippen molar-refractivity contribution in [2.45, 2.75) is 52.3 Å². The third kappa shape index (κ3) is 8.21. The molecule has 192 valence electrons. The quantitative estimate of drug-likeness (QED) is 0.342. The Morgan fingerprint density at radius 1 is 0.861 bits per heavy atom. The fourth-order valence-electron chi connectivity index (χ4n) is 4.33. The Balaban J connectivity index is 1.74. The van der Waals surface area contributed by atoms with E-state index in [1.807, 2.05) is 6.07 Å². The molecule has 0 aromatic heterocycles. The summed E-state index contributed by atoms with van der Waals surface area (Å²) in [5.74, 6) is -1.60. The average molecular weight is 499 g/mol. The molecule has 3 aromatic rings. The highest BCUT2D eigenvalue weighted by Gasteiger charge is 2.21. The highest BCUT2D eigenvalue weighted by Crippen LogP contribution is 2.26. The molecule has 3 N–H and O–H groups in total. The standard InChI is InChI=1S/C29H33F3N2O2/c1-18(2)10-20-4-9-27(22-5-7-24(30)8-6-22)23(11-20)16-33-17-29(36)28(34-19(3)35)14-21-12-25(31)15-26(32)13-21/h4-9,11-13,15,18,28-29,33,36H,10,14,16-17H2,1-3H3,(H,34,35)/t28-,29+/m0/s1. The average Bonchev–Trinajstić information content (AvgIpc) is 2.78. The maximum Gasteiger partial charge on any atom is 0.217 e. The van der Waals surface area contributed by atoms with Crippen LogP contribution in [-0.2, 0) is 24.2 Å². The minimum atomic E-state index is -1.01. The molecule has 7 heteroatoms. The number of rotatable bonds is 11. The van der Waals surface area contributed by atoms with Crippen LogP contribution in [0.3, 0.4) is 0 Å². The molecule has 0 saturated carbocycles. The van der Waals surface area contributed by atoms with E-state index in [1.165, 1.54) is 36.8 Å². The molecular formula is C29H33F3N2O2. The van der Waals surface area contributed by atoms with Gasteiger partial charge in [0.05, 0.1) is 12.1 Å². The van der Waals surface area contributed by atoms with Crippen LogP contribution >= 0.6 is 0 Å². The first-order valence-corrected chi connectivity index (χ1v) is 12.1. The summed E-state index contributed by atoms with van der Waals surface area (Å²) in [5.41, 5.74) is 4.35. The summed E-state index contributed by atoms with van der Waals surface area (Å²) in [5, 5.41) is 16.7. The van der Waals surface area contributed by atoms with E-state index in [9.17, 15) is 23.1 Å². The molecule has 0 spiro atoms. The first-order valence-electron chi connectivity index (χ1n) is 12.1. The van der Waals surface area contributed by atoms with Crippen LogP contribution in [0.15, 0.2) is 60.7 Å². The summed E-state index contributed by atoms with van der Waals surface area (Å²) in [4.78, 5) is 11.7. The molecular weight excluding hydrogens is 465 g/mol. The van der Waals surface area contributed by atoms with Crippen molar-refractivity contribution in [3.05, 3.63) is 94.8 Å². The van der Waals surface area contributed by atoms with Gasteiger partial charge in [0.25, 0.3) is 0 Å². The third-order valence-corrected chi connectivity index (χ3v) is 5.87. The number of benzene rings is 3. The molecule has 0 saturated heterocycles. The number of carbonyl (C=O) groups excluding carboxylic acids is 1. The van der Waals surface area contributed by atoms with E-state index in [0.29, 0.717) is 18.0 Å². The zero-order valence-electron chi connectivity index (χ0n) is 20.8. The lowest BCUT2D eigenvalue weighted by molar-refractivity contribution is -0.120. The van der Waals surface area contributed by atoms with Crippen LogP contribution in [-0.4, -0.2) is 29.7 Å². The van der Waals surface area contributed by atoms with Crippen molar-refractivity contribution in [1.82, 2.24) is 10.6 Å². The molecule has 3 aromatic carbocycles. The van der Waals surface area contributed by atoms with Gasteiger partial charge < -0.3 is 15.7 Å². The summed E-state index contributed by atoms with van der Waals surface area (Å²) >= 11 is 0. The van der Waals surface area contributed by atoms with Crippen LogP contribution in [0.2, 0.25) is 0 Å². The van der Waals surface area contributed by atoms with Crippen molar-refractivity contribution in [2.75, 3.05) is 6.54 Å². The monoisotopic (exact) mass is 498 g/mol.